The van der Waals surface area contributed by atoms with Crippen molar-refractivity contribution in [2.75, 3.05) is 25.0 Å². The second-order valence-electron chi connectivity index (χ2n) is 8.56. The normalized spacial score (nSPS) is 19.5. The first kappa shape index (κ1) is 19.8. The summed E-state index contributed by atoms with van der Waals surface area (Å²) in [7, 11) is 2.09. The zero-order chi connectivity index (χ0) is 21.4. The molecule has 31 heavy (non-hydrogen) atoms. The minimum absolute atomic E-state index is 0.0387. The molecule has 1 N–H and O–H groups in total. The predicted octanol–water partition coefficient (Wildman–Crippen LogP) is 3.76. The number of imidazole rings is 1. The molecular formula is C23H27N5O3. The third-order valence-electron chi connectivity index (χ3n) is 6.02. The van der Waals surface area contributed by atoms with Gasteiger partial charge >= 0.3 is 6.09 Å². The van der Waals surface area contributed by atoms with Crippen LogP contribution >= 0.6 is 0 Å². The predicted molar refractivity (Wildman–Crippen MR) is 117 cm³/mol. The molecular weight excluding hydrogens is 394 g/mol. The number of anilines is 1. The van der Waals surface area contributed by atoms with Crippen LogP contribution in [0, 0.1) is 0 Å². The Hall–Kier alpha value is -3.13. The van der Waals surface area contributed by atoms with Crippen molar-refractivity contribution in [1.29, 1.82) is 0 Å². The van der Waals surface area contributed by atoms with Gasteiger partial charge in [0.05, 0.1) is 24.1 Å². The Balaban J connectivity index is 1.55. The highest BCUT2D eigenvalue weighted by Gasteiger charge is 2.30. The van der Waals surface area contributed by atoms with Crippen molar-refractivity contribution in [3.63, 3.8) is 0 Å². The third-order valence-corrected chi connectivity index (χ3v) is 6.02. The average Bonchev–Trinajstić information content (AvgIpc) is 3.51. The molecule has 2 aliphatic rings. The zero-order valence-electron chi connectivity index (χ0n) is 17.6. The Labute approximate surface area is 181 Å². The second kappa shape index (κ2) is 8.19. The van der Waals surface area contributed by atoms with E-state index in [1.807, 2.05) is 36.5 Å². The monoisotopic (exact) mass is 421 g/mol. The highest BCUT2D eigenvalue weighted by molar-refractivity contribution is 5.91. The van der Waals surface area contributed by atoms with Gasteiger partial charge in [0.2, 0.25) is 5.88 Å². The highest BCUT2D eigenvalue weighted by Crippen LogP contribution is 2.41. The van der Waals surface area contributed by atoms with E-state index >= 15 is 0 Å². The fourth-order valence-corrected chi connectivity index (χ4v) is 4.27. The Morgan fingerprint density at radius 1 is 1.26 bits per heavy atom. The zero-order valence-corrected chi connectivity index (χ0v) is 17.6. The van der Waals surface area contributed by atoms with Crippen LogP contribution in [0.25, 0.3) is 5.65 Å². The number of benzene rings is 1. The lowest BCUT2D eigenvalue weighted by Gasteiger charge is -2.30. The summed E-state index contributed by atoms with van der Waals surface area (Å²) < 4.78 is 8.05. The van der Waals surface area contributed by atoms with Crippen LogP contribution in [-0.4, -0.2) is 56.9 Å². The quantitative estimate of drug-likeness (QED) is 0.652. The van der Waals surface area contributed by atoms with Crippen LogP contribution in [-0.2, 0) is 6.54 Å². The summed E-state index contributed by atoms with van der Waals surface area (Å²) in [5.74, 6) is 0.876. The molecule has 0 bridgehead atoms. The number of hydrogen-bond donors (Lipinski definition) is 1. The molecule has 1 unspecified atom stereocenters. The maximum Gasteiger partial charge on any atom is 0.412 e. The molecule has 1 saturated carbocycles. The van der Waals surface area contributed by atoms with Crippen LogP contribution in [0.5, 0.6) is 5.88 Å². The molecule has 3 heterocycles. The molecule has 1 aromatic carbocycles. The molecule has 1 amide bonds. The smallest absolute Gasteiger partial charge is 0.412 e. The summed E-state index contributed by atoms with van der Waals surface area (Å²) >= 11 is 0. The lowest BCUT2D eigenvalue weighted by atomic mass is 10.1. The standard InChI is InChI=1S/C23H27N5O3/c1-26-11-5-8-18(15-26)31-21-12-19(22-24-13-20(17-9-10-17)28(22)25-21)27(23(29)30)14-16-6-3-2-4-7-16/h2-4,6-7,12-13,17-18H,5,8-11,14-15H2,1H3,(H,29,30). The maximum absolute atomic E-state index is 12.3. The van der Waals surface area contributed by atoms with Crippen LogP contribution in [0.4, 0.5) is 10.5 Å². The van der Waals surface area contributed by atoms with Crippen molar-refractivity contribution >= 4 is 17.4 Å². The van der Waals surface area contributed by atoms with Crippen molar-refractivity contribution in [2.24, 2.45) is 0 Å². The number of fused-ring (bicyclic) bond motifs is 1. The van der Waals surface area contributed by atoms with E-state index < -0.39 is 6.09 Å². The van der Waals surface area contributed by atoms with Crippen LogP contribution in [0.3, 0.4) is 0 Å². The summed E-state index contributed by atoms with van der Waals surface area (Å²) in [6, 6.07) is 11.3. The van der Waals surface area contributed by atoms with Crippen molar-refractivity contribution in [3.8, 4) is 5.88 Å². The third kappa shape index (κ3) is 4.20. The largest absolute Gasteiger partial charge is 0.472 e. The first-order valence-electron chi connectivity index (χ1n) is 10.9. The molecule has 1 atom stereocenters. The number of rotatable bonds is 6. The number of carboxylic acid groups (broad SMARTS) is 1. The van der Waals surface area contributed by atoms with Crippen molar-refractivity contribution in [2.45, 2.75) is 44.2 Å². The van der Waals surface area contributed by atoms with Crippen LogP contribution in [0.1, 0.15) is 42.9 Å². The van der Waals surface area contributed by atoms with Gasteiger partial charge in [-0.05, 0) is 44.8 Å². The van der Waals surface area contributed by atoms with Crippen LogP contribution in [0.15, 0.2) is 42.6 Å². The van der Waals surface area contributed by atoms with Crippen molar-refractivity contribution in [3.05, 3.63) is 53.9 Å². The first-order chi connectivity index (χ1) is 15.1. The van der Waals surface area contributed by atoms with E-state index in [-0.39, 0.29) is 12.6 Å². The van der Waals surface area contributed by atoms with Gasteiger partial charge in [-0.1, -0.05) is 30.3 Å². The van der Waals surface area contributed by atoms with Gasteiger partial charge in [0.25, 0.3) is 0 Å². The van der Waals surface area contributed by atoms with Gasteiger partial charge in [0.15, 0.2) is 5.65 Å². The molecule has 1 aliphatic carbocycles. The van der Waals surface area contributed by atoms with Gasteiger partial charge in [-0.15, -0.1) is 5.10 Å². The van der Waals surface area contributed by atoms with E-state index in [4.69, 9.17) is 9.84 Å². The number of likely N-dealkylation sites (tertiary alicyclic amines) is 1. The Kier molecular flexibility index (Phi) is 5.23. The lowest BCUT2D eigenvalue weighted by Crippen LogP contribution is -2.38. The number of amides is 1. The Bertz CT molecular complexity index is 1080. The van der Waals surface area contributed by atoms with E-state index in [2.05, 4.69) is 16.9 Å². The summed E-state index contributed by atoms with van der Waals surface area (Å²) in [5, 5.41) is 14.8. The number of aromatic nitrogens is 3. The van der Waals surface area contributed by atoms with E-state index in [9.17, 15) is 9.90 Å². The van der Waals surface area contributed by atoms with E-state index in [1.165, 1.54) is 4.90 Å². The molecule has 0 spiro atoms. The van der Waals surface area contributed by atoms with Gasteiger partial charge in [-0.2, -0.15) is 0 Å². The molecule has 1 saturated heterocycles. The minimum Gasteiger partial charge on any atom is -0.472 e. The minimum atomic E-state index is -1.03. The molecule has 0 radical (unpaired) electrons. The summed E-state index contributed by atoms with van der Waals surface area (Å²) in [6.45, 7) is 2.13. The van der Waals surface area contributed by atoms with Crippen molar-refractivity contribution < 1.29 is 14.6 Å². The SMILES string of the molecule is CN1CCCC(Oc2cc(N(Cc3ccccc3)C(=O)O)c3ncc(C4CC4)n3n2)C1. The van der Waals surface area contributed by atoms with Gasteiger partial charge in [-0.25, -0.2) is 14.3 Å². The fourth-order valence-electron chi connectivity index (χ4n) is 4.27. The molecule has 1 aliphatic heterocycles. The molecule has 2 fully saturated rings. The Morgan fingerprint density at radius 2 is 2.06 bits per heavy atom. The first-order valence-corrected chi connectivity index (χ1v) is 10.9. The Morgan fingerprint density at radius 3 is 2.77 bits per heavy atom. The van der Waals surface area contributed by atoms with Crippen LogP contribution < -0.4 is 9.64 Å². The number of piperidine rings is 1. The lowest BCUT2D eigenvalue weighted by molar-refractivity contribution is 0.0988. The number of carbonyl (C=O) groups is 1. The van der Waals surface area contributed by atoms with Crippen LogP contribution in [0.2, 0.25) is 0 Å². The molecule has 3 aromatic rings. The summed E-state index contributed by atoms with van der Waals surface area (Å²) in [6.07, 6.45) is 5.08. The molecule has 8 nitrogen and oxygen atoms in total. The van der Waals surface area contributed by atoms with Gasteiger partial charge in [-0.3, -0.25) is 4.90 Å². The highest BCUT2D eigenvalue weighted by atomic mass is 16.5. The number of likely N-dealkylation sites (N-methyl/N-ethyl adjacent to an activating group) is 1. The molecule has 2 aromatic heterocycles. The van der Waals surface area contributed by atoms with Gasteiger partial charge in [0.1, 0.15) is 6.10 Å². The number of hydrogen-bond acceptors (Lipinski definition) is 5. The summed E-state index contributed by atoms with van der Waals surface area (Å²) in [4.78, 5) is 20.4. The summed E-state index contributed by atoms with van der Waals surface area (Å²) in [5.41, 5.74) is 2.98. The second-order valence-corrected chi connectivity index (χ2v) is 8.56. The fraction of sp³-hybridized carbons (Fsp3) is 0.435. The van der Waals surface area contributed by atoms with Gasteiger partial charge in [0, 0.05) is 18.5 Å². The maximum atomic E-state index is 12.3. The number of nitrogens with zero attached hydrogens (tertiary/aromatic N) is 5. The van der Waals surface area contributed by atoms with Gasteiger partial charge < -0.3 is 14.7 Å². The number of ether oxygens (including phenoxy) is 1. The molecule has 162 valence electrons. The van der Waals surface area contributed by atoms with E-state index in [1.54, 1.807) is 10.6 Å². The van der Waals surface area contributed by atoms with E-state index in [0.29, 0.717) is 23.1 Å². The average molecular weight is 422 g/mol. The van der Waals surface area contributed by atoms with E-state index in [0.717, 1.165) is 50.0 Å². The molecule has 5 rings (SSSR count). The topological polar surface area (TPSA) is 83.2 Å². The van der Waals surface area contributed by atoms with Crippen molar-refractivity contribution in [1.82, 2.24) is 19.5 Å². The molecule has 8 heteroatoms.